The van der Waals surface area contributed by atoms with E-state index in [9.17, 15) is 5.11 Å². The van der Waals surface area contributed by atoms with Crippen molar-refractivity contribution < 1.29 is 5.11 Å². The summed E-state index contributed by atoms with van der Waals surface area (Å²) in [6, 6.07) is 46.5. The predicted molar refractivity (Wildman–Crippen MR) is 275 cm³/mol. The van der Waals surface area contributed by atoms with Crippen LogP contribution in [0.3, 0.4) is 0 Å². The van der Waals surface area contributed by atoms with Crippen molar-refractivity contribution in [1.29, 1.82) is 0 Å². The lowest BCUT2D eigenvalue weighted by Gasteiger charge is -2.28. The van der Waals surface area contributed by atoms with E-state index in [1.54, 1.807) is 0 Å². The molecular weight excluding hydrogens is 791 g/mol. The summed E-state index contributed by atoms with van der Waals surface area (Å²) in [6.07, 6.45) is 1.98. The van der Waals surface area contributed by atoms with E-state index in [2.05, 4.69) is 229 Å². The van der Waals surface area contributed by atoms with Crippen LogP contribution in [0.4, 0.5) is 0 Å². The van der Waals surface area contributed by atoms with E-state index >= 15 is 0 Å². The van der Waals surface area contributed by atoms with Gasteiger partial charge in [-0.1, -0.05) is 182 Å². The molecule has 1 aliphatic carbocycles. The van der Waals surface area contributed by atoms with Crippen LogP contribution in [0.5, 0.6) is 5.75 Å². The zero-order chi connectivity index (χ0) is 46.6. The molecule has 4 heteroatoms. The second kappa shape index (κ2) is 15.2. The van der Waals surface area contributed by atoms with Crippen molar-refractivity contribution in [2.24, 2.45) is 0 Å². The van der Waals surface area contributed by atoms with Crippen LogP contribution in [-0.4, -0.2) is 19.6 Å². The fourth-order valence-corrected chi connectivity index (χ4v) is 9.90. The minimum Gasteiger partial charge on any atom is -0.507 e. The van der Waals surface area contributed by atoms with E-state index in [0.717, 1.165) is 66.9 Å². The molecule has 9 rings (SSSR count). The number of pyridine rings is 1. The second-order valence-electron chi connectivity index (χ2n) is 23.0. The maximum Gasteiger partial charge on any atom is 0.149 e. The van der Waals surface area contributed by atoms with Crippen molar-refractivity contribution in [2.45, 2.75) is 124 Å². The maximum atomic E-state index is 12.6. The molecule has 6 aromatic carbocycles. The Morgan fingerprint density at radius 1 is 0.492 bits per heavy atom. The topological polar surface area (TPSA) is 50.9 Å². The second-order valence-corrected chi connectivity index (χ2v) is 23.0. The summed E-state index contributed by atoms with van der Waals surface area (Å²) < 4.78 is 2.31. The number of para-hydroxylation sites is 1. The van der Waals surface area contributed by atoms with Crippen LogP contribution >= 0.6 is 0 Å². The molecule has 330 valence electrons. The third kappa shape index (κ3) is 7.59. The number of benzene rings is 6. The van der Waals surface area contributed by atoms with E-state index in [1.807, 2.05) is 6.20 Å². The number of imidazole rings is 1. The standard InChI is InChI=1S/C61H65N3O/c1-57(2,3)40-27-28-50(46(34-40)37-21-16-15-17-22-37)64-51-26-20-24-43(54(51)63-56(64)47-35-42(59(7,8)9)36-49(55(47)65)60(10,11)12)38-31-39(33-41(32-38)58(4,5)6)53-52-45(29-30-62-53)44-23-18-19-25-48(44)61(52,13)14/h15-36,65H,1-14H3. The Balaban J connectivity index is 1.38. The van der Waals surface area contributed by atoms with Crippen LogP contribution in [-0.2, 0) is 27.1 Å². The van der Waals surface area contributed by atoms with E-state index in [1.165, 1.54) is 33.4 Å². The fourth-order valence-electron chi connectivity index (χ4n) is 9.90. The van der Waals surface area contributed by atoms with Gasteiger partial charge in [0.15, 0.2) is 0 Å². The average Bonchev–Trinajstić information content (AvgIpc) is 3.74. The average molecular weight is 856 g/mol. The van der Waals surface area contributed by atoms with E-state index in [4.69, 9.17) is 9.97 Å². The molecule has 0 atom stereocenters. The van der Waals surface area contributed by atoms with Crippen LogP contribution < -0.4 is 0 Å². The lowest BCUT2D eigenvalue weighted by Crippen LogP contribution is -2.17. The molecule has 4 nitrogen and oxygen atoms in total. The van der Waals surface area contributed by atoms with E-state index < -0.39 is 0 Å². The van der Waals surface area contributed by atoms with Gasteiger partial charge in [-0.2, -0.15) is 0 Å². The molecule has 0 fully saturated rings. The molecule has 1 N–H and O–H groups in total. The summed E-state index contributed by atoms with van der Waals surface area (Å²) in [5.41, 5.74) is 18.7. The summed E-state index contributed by atoms with van der Waals surface area (Å²) in [4.78, 5) is 10.9. The van der Waals surface area contributed by atoms with Crippen molar-refractivity contribution in [3.63, 3.8) is 0 Å². The van der Waals surface area contributed by atoms with Gasteiger partial charge in [0.1, 0.15) is 11.6 Å². The van der Waals surface area contributed by atoms with Crippen molar-refractivity contribution >= 4 is 11.0 Å². The van der Waals surface area contributed by atoms with Crippen molar-refractivity contribution in [3.05, 3.63) is 167 Å². The van der Waals surface area contributed by atoms with Crippen LogP contribution in [0.25, 0.3) is 72.7 Å². The highest BCUT2D eigenvalue weighted by Gasteiger charge is 2.38. The third-order valence-electron chi connectivity index (χ3n) is 13.7. The van der Waals surface area contributed by atoms with Gasteiger partial charge in [0.2, 0.25) is 0 Å². The van der Waals surface area contributed by atoms with Gasteiger partial charge >= 0.3 is 0 Å². The van der Waals surface area contributed by atoms with Crippen LogP contribution in [0.1, 0.15) is 130 Å². The first-order valence-electron chi connectivity index (χ1n) is 23.3. The Kier molecular flexibility index (Phi) is 10.3. The van der Waals surface area contributed by atoms with Gasteiger partial charge in [-0.15, -0.1) is 0 Å². The molecule has 0 radical (unpaired) electrons. The first kappa shape index (κ1) is 44.0. The summed E-state index contributed by atoms with van der Waals surface area (Å²) in [7, 11) is 0. The number of aromatic nitrogens is 3. The number of rotatable bonds is 5. The highest BCUT2D eigenvalue weighted by molar-refractivity contribution is 5.98. The van der Waals surface area contributed by atoms with Crippen molar-refractivity contribution in [2.75, 3.05) is 0 Å². The lowest BCUT2D eigenvalue weighted by atomic mass is 9.79. The maximum absolute atomic E-state index is 12.6. The van der Waals surface area contributed by atoms with Gasteiger partial charge in [-0.25, -0.2) is 4.98 Å². The summed E-state index contributed by atoms with van der Waals surface area (Å²) >= 11 is 0. The Hall–Kier alpha value is -6.26. The van der Waals surface area contributed by atoms with Crippen LogP contribution in [0.15, 0.2) is 134 Å². The number of nitrogens with zero attached hydrogens (tertiary/aromatic N) is 3. The monoisotopic (exact) mass is 856 g/mol. The molecule has 0 amide bonds. The third-order valence-corrected chi connectivity index (χ3v) is 13.7. The van der Waals surface area contributed by atoms with Gasteiger partial charge in [0, 0.05) is 33.9 Å². The quantitative estimate of drug-likeness (QED) is 0.188. The predicted octanol–water partition coefficient (Wildman–Crippen LogP) is 16.3. The molecule has 0 saturated carbocycles. The largest absolute Gasteiger partial charge is 0.507 e. The van der Waals surface area contributed by atoms with E-state index in [0.29, 0.717) is 5.82 Å². The van der Waals surface area contributed by atoms with Gasteiger partial charge in [-0.3, -0.25) is 9.55 Å². The number of hydrogen-bond acceptors (Lipinski definition) is 3. The fraction of sp³-hybridized carbons (Fsp3) is 0.311. The molecule has 2 aromatic heterocycles. The first-order chi connectivity index (χ1) is 30.4. The van der Waals surface area contributed by atoms with Crippen LogP contribution in [0, 0.1) is 0 Å². The van der Waals surface area contributed by atoms with Crippen molar-refractivity contribution in [1.82, 2.24) is 14.5 Å². The Labute approximate surface area is 387 Å². The highest BCUT2D eigenvalue weighted by Crippen LogP contribution is 2.52. The number of phenols is 1. The summed E-state index contributed by atoms with van der Waals surface area (Å²) in [5.74, 6) is 0.970. The molecular formula is C61H65N3O. The first-order valence-corrected chi connectivity index (χ1v) is 23.3. The normalized spacial score (nSPS) is 13.9. The zero-order valence-corrected chi connectivity index (χ0v) is 41.0. The molecule has 0 spiro atoms. The van der Waals surface area contributed by atoms with Gasteiger partial charge < -0.3 is 5.11 Å². The molecule has 0 bridgehead atoms. The minimum absolute atomic E-state index is 0.0719. The molecule has 0 saturated heterocycles. The molecule has 65 heavy (non-hydrogen) atoms. The van der Waals surface area contributed by atoms with Gasteiger partial charge in [0.25, 0.3) is 0 Å². The summed E-state index contributed by atoms with van der Waals surface area (Å²) in [5, 5.41) is 12.6. The highest BCUT2D eigenvalue weighted by atomic mass is 16.3. The number of hydrogen-bond donors (Lipinski definition) is 1. The zero-order valence-electron chi connectivity index (χ0n) is 41.0. The van der Waals surface area contributed by atoms with Crippen LogP contribution in [0.2, 0.25) is 0 Å². The van der Waals surface area contributed by atoms with Gasteiger partial charge in [0.05, 0.1) is 28.0 Å². The van der Waals surface area contributed by atoms with E-state index in [-0.39, 0.29) is 32.8 Å². The van der Waals surface area contributed by atoms with Crippen molar-refractivity contribution in [3.8, 4) is 67.5 Å². The SMILES string of the molecule is CC(C)(C)c1cc(-c2nccc3c2C(C)(C)c2ccccc2-3)cc(-c2cccc3c2nc(-c2cc(C(C)(C)C)cc(C(C)(C)C)c2O)n3-c2ccc(C(C)(C)C)cc2-c2ccccc2)c1. The number of aromatic hydroxyl groups is 1. The molecule has 2 heterocycles. The number of phenolic OH excluding ortho intramolecular Hbond substituents is 1. The Bertz CT molecular complexity index is 3150. The smallest absolute Gasteiger partial charge is 0.149 e. The Morgan fingerprint density at radius 3 is 1.78 bits per heavy atom. The summed E-state index contributed by atoms with van der Waals surface area (Å²) in [6.45, 7) is 31.6. The lowest BCUT2D eigenvalue weighted by molar-refractivity contribution is 0.446. The molecule has 0 aliphatic heterocycles. The van der Waals surface area contributed by atoms with Gasteiger partial charge in [-0.05, 0) is 114 Å². The molecule has 0 unspecified atom stereocenters. The Morgan fingerprint density at radius 2 is 1.11 bits per heavy atom. The molecule has 1 aliphatic rings. The molecule has 8 aromatic rings. The number of fused-ring (bicyclic) bond motifs is 4. The minimum atomic E-state index is -0.322.